The first-order chi connectivity index (χ1) is 10.6. The fraction of sp³-hybridized carbons (Fsp3) is 0.312. The van der Waals surface area contributed by atoms with Crippen LogP contribution < -0.4 is 10.6 Å². The van der Waals surface area contributed by atoms with Crippen LogP contribution in [0.1, 0.15) is 5.56 Å². The molecule has 118 valence electrons. The van der Waals surface area contributed by atoms with Crippen molar-refractivity contribution < 1.29 is 14.6 Å². The van der Waals surface area contributed by atoms with Crippen molar-refractivity contribution in [3.05, 3.63) is 41.3 Å². The molecule has 0 spiro atoms. The lowest BCUT2D eigenvalue weighted by atomic mass is 10.1. The van der Waals surface area contributed by atoms with Gasteiger partial charge in [0, 0.05) is 24.2 Å². The molecular weight excluding hydrogens is 300 g/mol. The number of aliphatic hydroxyl groups excluding tert-OH is 1. The second-order valence-corrected chi connectivity index (χ2v) is 5.87. The van der Waals surface area contributed by atoms with E-state index in [1.165, 1.54) is 17.6 Å². The maximum Gasteiger partial charge on any atom is 0.319 e. The topological polar surface area (TPSA) is 70.6 Å². The van der Waals surface area contributed by atoms with Crippen molar-refractivity contribution in [1.82, 2.24) is 5.32 Å². The van der Waals surface area contributed by atoms with Crippen molar-refractivity contribution in [3.8, 4) is 10.4 Å². The Balaban J connectivity index is 1.96. The van der Waals surface area contributed by atoms with E-state index in [1.807, 2.05) is 24.3 Å². The SMILES string of the molecule is COC[C@H](O)CNC(=O)Nc1cccc(-c2sccc2C)c1. The molecule has 6 heteroatoms. The number of amides is 2. The zero-order valence-electron chi connectivity index (χ0n) is 12.6. The van der Waals surface area contributed by atoms with Crippen LogP contribution in [0.15, 0.2) is 35.7 Å². The lowest BCUT2D eigenvalue weighted by Gasteiger charge is -2.12. The van der Waals surface area contributed by atoms with Gasteiger partial charge in [-0.1, -0.05) is 12.1 Å². The van der Waals surface area contributed by atoms with Crippen molar-refractivity contribution in [2.24, 2.45) is 0 Å². The number of ether oxygens (including phenoxy) is 1. The summed E-state index contributed by atoms with van der Waals surface area (Å²) >= 11 is 1.67. The molecule has 2 amide bonds. The molecule has 0 saturated heterocycles. The van der Waals surface area contributed by atoms with Crippen LogP contribution in [0.4, 0.5) is 10.5 Å². The van der Waals surface area contributed by atoms with Crippen LogP contribution in [0.25, 0.3) is 10.4 Å². The molecule has 0 fully saturated rings. The van der Waals surface area contributed by atoms with Gasteiger partial charge >= 0.3 is 6.03 Å². The van der Waals surface area contributed by atoms with Gasteiger partial charge in [-0.15, -0.1) is 11.3 Å². The number of hydrogen-bond acceptors (Lipinski definition) is 4. The molecule has 2 aromatic rings. The van der Waals surface area contributed by atoms with Crippen LogP contribution >= 0.6 is 11.3 Å². The standard InChI is InChI=1S/C16H20N2O3S/c1-11-6-7-22-15(11)12-4-3-5-13(8-12)18-16(20)17-9-14(19)10-21-2/h3-8,14,19H,9-10H2,1-2H3,(H2,17,18,20)/t14-/m1/s1. The Labute approximate surface area is 133 Å². The fourth-order valence-electron chi connectivity index (χ4n) is 2.04. The van der Waals surface area contributed by atoms with Gasteiger partial charge in [0.15, 0.2) is 0 Å². The van der Waals surface area contributed by atoms with Crippen LogP contribution in [-0.2, 0) is 4.74 Å². The third-order valence-corrected chi connectivity index (χ3v) is 4.17. The molecule has 5 nitrogen and oxygen atoms in total. The molecule has 0 unspecified atom stereocenters. The van der Waals surface area contributed by atoms with Crippen molar-refractivity contribution in [3.63, 3.8) is 0 Å². The summed E-state index contributed by atoms with van der Waals surface area (Å²) in [6.07, 6.45) is -0.712. The van der Waals surface area contributed by atoms with Gasteiger partial charge in [-0.2, -0.15) is 0 Å². The van der Waals surface area contributed by atoms with Gasteiger partial charge in [0.05, 0.1) is 12.7 Å². The molecule has 1 aromatic heterocycles. The lowest BCUT2D eigenvalue weighted by Crippen LogP contribution is -2.36. The Kier molecular flexibility index (Phi) is 5.94. The highest BCUT2D eigenvalue weighted by molar-refractivity contribution is 7.13. The summed E-state index contributed by atoms with van der Waals surface area (Å²) in [6, 6.07) is 9.41. The monoisotopic (exact) mass is 320 g/mol. The van der Waals surface area contributed by atoms with Crippen molar-refractivity contribution >= 4 is 23.1 Å². The lowest BCUT2D eigenvalue weighted by molar-refractivity contribution is 0.0663. The highest BCUT2D eigenvalue weighted by Gasteiger charge is 2.08. The largest absolute Gasteiger partial charge is 0.389 e. The second kappa shape index (κ2) is 7.93. The summed E-state index contributed by atoms with van der Waals surface area (Å²) in [4.78, 5) is 13.0. The zero-order valence-corrected chi connectivity index (χ0v) is 13.4. The van der Waals surface area contributed by atoms with E-state index in [-0.39, 0.29) is 19.2 Å². The van der Waals surface area contributed by atoms with Crippen LogP contribution in [0.5, 0.6) is 0 Å². The number of aryl methyl sites for hydroxylation is 1. The Hall–Kier alpha value is -1.89. The molecule has 3 N–H and O–H groups in total. The van der Waals surface area contributed by atoms with Gasteiger partial charge in [0.25, 0.3) is 0 Å². The minimum absolute atomic E-state index is 0.142. The number of aliphatic hydroxyl groups is 1. The first-order valence-corrected chi connectivity index (χ1v) is 7.84. The summed E-state index contributed by atoms with van der Waals surface area (Å²) in [6.45, 7) is 2.40. The Bertz CT molecular complexity index is 627. The summed E-state index contributed by atoms with van der Waals surface area (Å²) in [7, 11) is 1.50. The smallest absolute Gasteiger partial charge is 0.319 e. The summed E-state index contributed by atoms with van der Waals surface area (Å²) in [5.41, 5.74) is 3.00. The highest BCUT2D eigenvalue weighted by Crippen LogP contribution is 2.30. The van der Waals surface area contributed by atoms with Crippen molar-refractivity contribution in [1.29, 1.82) is 0 Å². The van der Waals surface area contributed by atoms with Crippen LogP contribution in [-0.4, -0.2) is 37.5 Å². The number of rotatable bonds is 6. The third-order valence-electron chi connectivity index (χ3n) is 3.10. The van der Waals surface area contributed by atoms with Gasteiger partial charge < -0.3 is 20.5 Å². The number of urea groups is 1. The molecule has 1 aromatic carbocycles. The molecule has 22 heavy (non-hydrogen) atoms. The van der Waals surface area contributed by atoms with E-state index in [0.29, 0.717) is 5.69 Å². The predicted molar refractivity (Wildman–Crippen MR) is 89.4 cm³/mol. The Morgan fingerprint density at radius 1 is 1.41 bits per heavy atom. The van der Waals surface area contributed by atoms with Gasteiger partial charge in [0.2, 0.25) is 0 Å². The quantitative estimate of drug-likeness (QED) is 0.766. The first kappa shape index (κ1) is 16.5. The van der Waals surface area contributed by atoms with E-state index < -0.39 is 6.10 Å². The first-order valence-electron chi connectivity index (χ1n) is 6.96. The number of benzene rings is 1. The number of thiophene rings is 1. The van der Waals surface area contributed by atoms with E-state index >= 15 is 0 Å². The number of nitrogens with one attached hydrogen (secondary N) is 2. The van der Waals surface area contributed by atoms with Gasteiger partial charge in [-0.3, -0.25) is 0 Å². The van der Waals surface area contributed by atoms with Crippen LogP contribution in [0.3, 0.4) is 0 Å². The van der Waals surface area contributed by atoms with E-state index in [0.717, 1.165) is 5.56 Å². The van der Waals surface area contributed by atoms with Gasteiger partial charge in [0.1, 0.15) is 0 Å². The minimum Gasteiger partial charge on any atom is -0.389 e. The Morgan fingerprint density at radius 3 is 2.91 bits per heavy atom. The van der Waals surface area contributed by atoms with Gasteiger partial charge in [-0.05, 0) is 41.6 Å². The van der Waals surface area contributed by atoms with Crippen molar-refractivity contribution in [2.75, 3.05) is 25.6 Å². The molecule has 0 saturated carbocycles. The molecule has 0 aliphatic rings. The second-order valence-electron chi connectivity index (χ2n) is 4.96. The number of methoxy groups -OCH3 is 1. The maximum atomic E-state index is 11.8. The zero-order chi connectivity index (χ0) is 15.9. The van der Waals surface area contributed by atoms with Crippen molar-refractivity contribution in [2.45, 2.75) is 13.0 Å². The average molecular weight is 320 g/mol. The number of carbonyl (C=O) groups is 1. The molecule has 1 heterocycles. The molecule has 1 atom stereocenters. The van der Waals surface area contributed by atoms with E-state index in [4.69, 9.17) is 4.74 Å². The molecule has 2 rings (SSSR count). The summed E-state index contributed by atoms with van der Waals surface area (Å²) in [5.74, 6) is 0. The summed E-state index contributed by atoms with van der Waals surface area (Å²) < 4.78 is 4.80. The fourth-order valence-corrected chi connectivity index (χ4v) is 2.97. The number of hydrogen-bond donors (Lipinski definition) is 3. The molecular formula is C16H20N2O3S. The predicted octanol–water partition coefficient (Wildman–Crippen LogP) is 2.85. The summed E-state index contributed by atoms with van der Waals surface area (Å²) in [5, 5.41) is 16.9. The molecule has 0 radical (unpaired) electrons. The Morgan fingerprint density at radius 2 is 2.23 bits per heavy atom. The maximum absolute atomic E-state index is 11.8. The third kappa shape index (κ3) is 4.56. The minimum atomic E-state index is -0.712. The highest BCUT2D eigenvalue weighted by atomic mass is 32.1. The number of carbonyl (C=O) groups excluding carboxylic acids is 1. The normalized spacial score (nSPS) is 12.0. The number of anilines is 1. The van der Waals surface area contributed by atoms with E-state index in [1.54, 1.807) is 11.3 Å². The molecule has 0 aliphatic heterocycles. The van der Waals surface area contributed by atoms with E-state index in [2.05, 4.69) is 29.0 Å². The van der Waals surface area contributed by atoms with E-state index in [9.17, 15) is 9.90 Å². The van der Waals surface area contributed by atoms with Crippen LogP contribution in [0.2, 0.25) is 0 Å². The van der Waals surface area contributed by atoms with Crippen LogP contribution in [0, 0.1) is 6.92 Å². The molecule has 0 bridgehead atoms. The average Bonchev–Trinajstić information content (AvgIpc) is 2.92. The molecule has 0 aliphatic carbocycles. The van der Waals surface area contributed by atoms with Gasteiger partial charge in [-0.25, -0.2) is 4.79 Å².